The molecule has 102 valence electrons. The van der Waals surface area contributed by atoms with Gasteiger partial charge in [-0.25, -0.2) is 0 Å². The first-order chi connectivity index (χ1) is 8.80. The summed E-state index contributed by atoms with van der Waals surface area (Å²) < 4.78 is 5.45. The normalized spacial score (nSPS) is 12.4. The summed E-state index contributed by atoms with van der Waals surface area (Å²) in [6.07, 6.45) is 4.88. The van der Waals surface area contributed by atoms with Gasteiger partial charge >= 0.3 is 0 Å². The molecule has 1 rings (SSSR count). The van der Waals surface area contributed by atoms with Crippen LogP contribution in [0.4, 0.5) is 0 Å². The molecule has 0 aromatic heterocycles. The van der Waals surface area contributed by atoms with Gasteiger partial charge in [-0.15, -0.1) is 0 Å². The number of hydrogen-bond acceptors (Lipinski definition) is 2. The Bertz CT molecular complexity index is 301. The predicted molar refractivity (Wildman–Crippen MR) is 78.3 cm³/mol. The molecule has 0 spiro atoms. The molecular formula is C16H27NO. The number of ether oxygens (including phenoxy) is 1. The average molecular weight is 249 g/mol. The summed E-state index contributed by atoms with van der Waals surface area (Å²) >= 11 is 0. The third kappa shape index (κ3) is 5.54. The minimum atomic E-state index is 0.659. The van der Waals surface area contributed by atoms with Gasteiger partial charge in [-0.05, 0) is 50.4 Å². The SMILES string of the molecule is CCCC(CCc1ccc(OCC)cc1)NCC. The third-order valence-electron chi connectivity index (χ3n) is 3.15. The fraction of sp³-hybridized carbons (Fsp3) is 0.625. The summed E-state index contributed by atoms with van der Waals surface area (Å²) in [4.78, 5) is 0. The van der Waals surface area contributed by atoms with E-state index in [2.05, 4.69) is 43.4 Å². The predicted octanol–water partition coefficient (Wildman–Crippen LogP) is 3.80. The van der Waals surface area contributed by atoms with Crippen molar-refractivity contribution in [1.29, 1.82) is 0 Å². The second-order valence-corrected chi connectivity index (χ2v) is 4.66. The fourth-order valence-electron chi connectivity index (χ4n) is 2.25. The van der Waals surface area contributed by atoms with E-state index in [1.54, 1.807) is 0 Å². The summed E-state index contributed by atoms with van der Waals surface area (Å²) in [6.45, 7) is 8.24. The Morgan fingerprint density at radius 3 is 2.33 bits per heavy atom. The fourth-order valence-corrected chi connectivity index (χ4v) is 2.25. The Balaban J connectivity index is 2.41. The molecule has 1 N–H and O–H groups in total. The molecule has 0 radical (unpaired) electrons. The topological polar surface area (TPSA) is 21.3 Å². The maximum Gasteiger partial charge on any atom is 0.119 e. The number of benzene rings is 1. The van der Waals surface area contributed by atoms with Crippen LogP contribution in [0.1, 0.15) is 45.6 Å². The van der Waals surface area contributed by atoms with Crippen LogP contribution in [0.2, 0.25) is 0 Å². The van der Waals surface area contributed by atoms with E-state index >= 15 is 0 Å². The average Bonchev–Trinajstić information content (AvgIpc) is 2.38. The summed E-state index contributed by atoms with van der Waals surface area (Å²) in [5.74, 6) is 0.970. The highest BCUT2D eigenvalue weighted by Gasteiger charge is 2.06. The largest absolute Gasteiger partial charge is 0.494 e. The minimum Gasteiger partial charge on any atom is -0.494 e. The van der Waals surface area contributed by atoms with Gasteiger partial charge in [0.1, 0.15) is 5.75 Å². The molecular weight excluding hydrogens is 222 g/mol. The maximum absolute atomic E-state index is 5.45. The lowest BCUT2D eigenvalue weighted by Gasteiger charge is -2.17. The van der Waals surface area contributed by atoms with Gasteiger partial charge in [0.25, 0.3) is 0 Å². The Morgan fingerprint density at radius 1 is 1.06 bits per heavy atom. The van der Waals surface area contributed by atoms with Crippen LogP contribution in [0.5, 0.6) is 5.75 Å². The van der Waals surface area contributed by atoms with Crippen molar-refractivity contribution in [3.05, 3.63) is 29.8 Å². The molecule has 0 fully saturated rings. The van der Waals surface area contributed by atoms with Gasteiger partial charge in [0.2, 0.25) is 0 Å². The summed E-state index contributed by atoms with van der Waals surface area (Å²) in [6, 6.07) is 9.16. The van der Waals surface area contributed by atoms with E-state index in [1.807, 2.05) is 6.92 Å². The second kappa shape index (κ2) is 8.98. The number of nitrogens with one attached hydrogen (secondary N) is 1. The lowest BCUT2D eigenvalue weighted by molar-refractivity contribution is 0.340. The van der Waals surface area contributed by atoms with Gasteiger partial charge in [-0.2, -0.15) is 0 Å². The smallest absolute Gasteiger partial charge is 0.119 e. The molecule has 1 aromatic carbocycles. The molecule has 1 unspecified atom stereocenters. The molecule has 2 heteroatoms. The second-order valence-electron chi connectivity index (χ2n) is 4.66. The highest BCUT2D eigenvalue weighted by Crippen LogP contribution is 2.14. The van der Waals surface area contributed by atoms with Gasteiger partial charge in [-0.3, -0.25) is 0 Å². The van der Waals surface area contributed by atoms with Crippen LogP contribution in [-0.4, -0.2) is 19.2 Å². The van der Waals surface area contributed by atoms with E-state index in [4.69, 9.17) is 4.74 Å². The van der Waals surface area contributed by atoms with Gasteiger partial charge in [-0.1, -0.05) is 32.4 Å². The molecule has 0 saturated carbocycles. The first kappa shape index (κ1) is 15.0. The zero-order chi connectivity index (χ0) is 13.2. The Hall–Kier alpha value is -1.02. The first-order valence-corrected chi connectivity index (χ1v) is 7.25. The molecule has 0 aliphatic rings. The molecule has 0 aliphatic heterocycles. The summed E-state index contributed by atoms with van der Waals surface area (Å²) in [7, 11) is 0. The maximum atomic E-state index is 5.45. The highest BCUT2D eigenvalue weighted by molar-refractivity contribution is 5.27. The van der Waals surface area contributed by atoms with E-state index in [0.29, 0.717) is 6.04 Å². The molecule has 1 atom stereocenters. The van der Waals surface area contributed by atoms with Crippen LogP contribution in [-0.2, 0) is 6.42 Å². The van der Waals surface area contributed by atoms with Gasteiger partial charge in [0.15, 0.2) is 0 Å². The Morgan fingerprint density at radius 2 is 1.78 bits per heavy atom. The molecule has 0 amide bonds. The quantitative estimate of drug-likeness (QED) is 0.719. The first-order valence-electron chi connectivity index (χ1n) is 7.25. The summed E-state index contributed by atoms with van der Waals surface area (Å²) in [5.41, 5.74) is 1.40. The zero-order valence-electron chi connectivity index (χ0n) is 12.0. The van der Waals surface area contributed by atoms with Crippen LogP contribution in [0.3, 0.4) is 0 Å². The molecule has 0 heterocycles. The van der Waals surface area contributed by atoms with Crippen molar-refractivity contribution in [2.24, 2.45) is 0 Å². The van der Waals surface area contributed by atoms with Crippen molar-refractivity contribution >= 4 is 0 Å². The highest BCUT2D eigenvalue weighted by atomic mass is 16.5. The number of hydrogen-bond donors (Lipinski definition) is 1. The Labute approximate surface area is 112 Å². The number of aryl methyl sites for hydroxylation is 1. The molecule has 18 heavy (non-hydrogen) atoms. The van der Waals surface area contributed by atoms with Crippen molar-refractivity contribution in [2.45, 2.75) is 52.5 Å². The molecule has 0 bridgehead atoms. The molecule has 0 saturated heterocycles. The zero-order valence-corrected chi connectivity index (χ0v) is 12.0. The standard InChI is InChI=1S/C16H27NO/c1-4-7-15(17-5-2)11-8-14-9-12-16(13-10-14)18-6-3/h9-10,12-13,15,17H,4-8,11H2,1-3H3. The Kier molecular flexibility index (Phi) is 7.51. The van der Waals surface area contributed by atoms with Crippen molar-refractivity contribution in [3.63, 3.8) is 0 Å². The van der Waals surface area contributed by atoms with Crippen LogP contribution < -0.4 is 10.1 Å². The minimum absolute atomic E-state index is 0.659. The van der Waals surface area contributed by atoms with E-state index < -0.39 is 0 Å². The van der Waals surface area contributed by atoms with Gasteiger partial charge < -0.3 is 10.1 Å². The van der Waals surface area contributed by atoms with E-state index in [9.17, 15) is 0 Å². The van der Waals surface area contributed by atoms with Gasteiger partial charge in [0, 0.05) is 6.04 Å². The lowest BCUT2D eigenvalue weighted by Crippen LogP contribution is -2.29. The van der Waals surface area contributed by atoms with Crippen LogP contribution in [0, 0.1) is 0 Å². The third-order valence-corrected chi connectivity index (χ3v) is 3.15. The molecule has 1 aromatic rings. The van der Waals surface area contributed by atoms with E-state index in [1.165, 1.54) is 24.8 Å². The van der Waals surface area contributed by atoms with Gasteiger partial charge in [0.05, 0.1) is 6.61 Å². The monoisotopic (exact) mass is 249 g/mol. The van der Waals surface area contributed by atoms with Crippen molar-refractivity contribution in [3.8, 4) is 5.75 Å². The molecule has 0 aliphatic carbocycles. The van der Waals surface area contributed by atoms with Crippen LogP contribution >= 0.6 is 0 Å². The number of rotatable bonds is 9. The van der Waals surface area contributed by atoms with Crippen molar-refractivity contribution in [1.82, 2.24) is 5.32 Å². The lowest BCUT2D eigenvalue weighted by atomic mass is 10.0. The van der Waals surface area contributed by atoms with Crippen molar-refractivity contribution in [2.75, 3.05) is 13.2 Å². The van der Waals surface area contributed by atoms with E-state index in [0.717, 1.165) is 25.3 Å². The summed E-state index contributed by atoms with van der Waals surface area (Å²) in [5, 5.41) is 3.56. The van der Waals surface area contributed by atoms with Crippen LogP contribution in [0.15, 0.2) is 24.3 Å². The molecule has 2 nitrogen and oxygen atoms in total. The van der Waals surface area contributed by atoms with Crippen LogP contribution in [0.25, 0.3) is 0 Å². The van der Waals surface area contributed by atoms with E-state index in [-0.39, 0.29) is 0 Å². The van der Waals surface area contributed by atoms with Crippen molar-refractivity contribution < 1.29 is 4.74 Å².